The first-order valence-electron chi connectivity index (χ1n) is 7.08. The molecule has 100 valence electrons. The van der Waals surface area contributed by atoms with Gasteiger partial charge in [-0.15, -0.1) is 0 Å². The molecule has 1 N–H and O–H groups in total. The van der Waals surface area contributed by atoms with Crippen LogP contribution in [0.15, 0.2) is 48.5 Å². The molecule has 1 unspecified atom stereocenters. The molecule has 0 bridgehead atoms. The van der Waals surface area contributed by atoms with E-state index in [2.05, 4.69) is 66.2 Å². The lowest BCUT2D eigenvalue weighted by Gasteiger charge is -2.38. The Morgan fingerprint density at radius 1 is 1.10 bits per heavy atom. The largest absolute Gasteiger partial charge is 0.362 e. The van der Waals surface area contributed by atoms with E-state index in [1.807, 2.05) is 6.07 Å². The number of hydrogen-bond acceptors (Lipinski definition) is 2. The summed E-state index contributed by atoms with van der Waals surface area (Å²) in [6.07, 6.45) is 0.995. The number of nitrogens with zero attached hydrogens (tertiary/aromatic N) is 2. The standard InChI is InChI=1S/C17H17N3/c1-3-17(2)19-13-9-5-4-8-12(13)16-18-14-10-6-7-11-15(14)20(16)17/h4-11,19H,3H2,1-2H3. The maximum absolute atomic E-state index is 4.86. The zero-order valence-corrected chi connectivity index (χ0v) is 11.7. The number of aromatic nitrogens is 2. The Kier molecular flexibility index (Phi) is 2.22. The van der Waals surface area contributed by atoms with Crippen LogP contribution in [-0.2, 0) is 5.66 Å². The molecule has 1 atom stereocenters. The normalized spacial score (nSPS) is 20.3. The number of para-hydroxylation sites is 3. The van der Waals surface area contributed by atoms with E-state index in [1.54, 1.807) is 0 Å². The van der Waals surface area contributed by atoms with E-state index >= 15 is 0 Å². The molecule has 1 aliphatic rings. The van der Waals surface area contributed by atoms with Gasteiger partial charge in [-0.3, -0.25) is 0 Å². The van der Waals surface area contributed by atoms with Gasteiger partial charge in [0.15, 0.2) is 0 Å². The van der Waals surface area contributed by atoms with Crippen molar-refractivity contribution in [2.75, 3.05) is 5.32 Å². The number of fused-ring (bicyclic) bond motifs is 5. The van der Waals surface area contributed by atoms with Gasteiger partial charge in [0.1, 0.15) is 11.5 Å². The number of anilines is 1. The molecule has 3 nitrogen and oxygen atoms in total. The zero-order valence-electron chi connectivity index (χ0n) is 11.7. The fraction of sp³-hybridized carbons (Fsp3) is 0.235. The second-order valence-electron chi connectivity index (χ2n) is 5.56. The van der Waals surface area contributed by atoms with Crippen LogP contribution in [0, 0.1) is 0 Å². The lowest BCUT2D eigenvalue weighted by molar-refractivity contribution is 0.366. The van der Waals surface area contributed by atoms with E-state index in [4.69, 9.17) is 4.98 Å². The Morgan fingerprint density at radius 3 is 2.70 bits per heavy atom. The first-order valence-corrected chi connectivity index (χ1v) is 7.08. The summed E-state index contributed by atoms with van der Waals surface area (Å²) in [5.74, 6) is 1.06. The summed E-state index contributed by atoms with van der Waals surface area (Å²) in [5.41, 5.74) is 4.45. The molecule has 0 saturated heterocycles. The predicted octanol–water partition coefficient (Wildman–Crippen LogP) is 4.21. The van der Waals surface area contributed by atoms with Crippen molar-refractivity contribution in [3.63, 3.8) is 0 Å². The van der Waals surface area contributed by atoms with Crippen molar-refractivity contribution in [3.05, 3.63) is 48.5 Å². The molecule has 0 spiro atoms. The molecule has 0 aliphatic carbocycles. The summed E-state index contributed by atoms with van der Waals surface area (Å²) in [5, 5.41) is 3.68. The maximum atomic E-state index is 4.86. The third-order valence-corrected chi connectivity index (χ3v) is 4.31. The van der Waals surface area contributed by atoms with Crippen molar-refractivity contribution in [1.29, 1.82) is 0 Å². The van der Waals surface area contributed by atoms with Gasteiger partial charge < -0.3 is 9.88 Å². The average molecular weight is 263 g/mol. The highest BCUT2D eigenvalue weighted by atomic mass is 15.3. The van der Waals surface area contributed by atoms with E-state index in [0.717, 1.165) is 17.8 Å². The highest BCUT2D eigenvalue weighted by molar-refractivity contribution is 5.86. The monoisotopic (exact) mass is 263 g/mol. The second kappa shape index (κ2) is 3.85. The molecule has 1 aromatic heterocycles. The van der Waals surface area contributed by atoms with Gasteiger partial charge in [0, 0.05) is 11.3 Å². The van der Waals surface area contributed by atoms with Gasteiger partial charge in [-0.05, 0) is 37.6 Å². The minimum atomic E-state index is -0.139. The fourth-order valence-corrected chi connectivity index (χ4v) is 3.09. The second-order valence-corrected chi connectivity index (χ2v) is 5.56. The van der Waals surface area contributed by atoms with Crippen molar-refractivity contribution in [1.82, 2.24) is 9.55 Å². The number of rotatable bonds is 1. The topological polar surface area (TPSA) is 29.9 Å². The lowest BCUT2D eigenvalue weighted by Crippen LogP contribution is -2.40. The molecule has 0 radical (unpaired) electrons. The lowest BCUT2D eigenvalue weighted by atomic mass is 10.0. The molecule has 2 aromatic carbocycles. The van der Waals surface area contributed by atoms with Gasteiger partial charge in [-0.2, -0.15) is 0 Å². The van der Waals surface area contributed by atoms with Gasteiger partial charge in [0.25, 0.3) is 0 Å². The Bertz CT molecular complexity index is 803. The summed E-state index contributed by atoms with van der Waals surface area (Å²) in [6, 6.07) is 16.8. The maximum Gasteiger partial charge on any atom is 0.145 e. The Labute approximate surface area is 118 Å². The number of hydrogen-bond donors (Lipinski definition) is 1. The van der Waals surface area contributed by atoms with E-state index in [9.17, 15) is 0 Å². The van der Waals surface area contributed by atoms with Crippen molar-refractivity contribution in [3.8, 4) is 11.4 Å². The number of nitrogens with one attached hydrogen (secondary N) is 1. The fourth-order valence-electron chi connectivity index (χ4n) is 3.09. The molecule has 20 heavy (non-hydrogen) atoms. The molecule has 4 rings (SSSR count). The summed E-state index contributed by atoms with van der Waals surface area (Å²) < 4.78 is 2.34. The first-order chi connectivity index (χ1) is 9.73. The molecular formula is C17H17N3. The van der Waals surface area contributed by atoms with Crippen LogP contribution in [0.5, 0.6) is 0 Å². The van der Waals surface area contributed by atoms with Gasteiger partial charge >= 0.3 is 0 Å². The molecule has 3 aromatic rings. The smallest absolute Gasteiger partial charge is 0.145 e. The Hall–Kier alpha value is -2.29. The minimum absolute atomic E-state index is 0.139. The van der Waals surface area contributed by atoms with Crippen LogP contribution in [0.3, 0.4) is 0 Å². The van der Waals surface area contributed by atoms with Crippen LogP contribution in [0.1, 0.15) is 20.3 Å². The van der Waals surface area contributed by atoms with E-state index in [-0.39, 0.29) is 5.66 Å². The molecule has 0 amide bonds. The highest BCUT2D eigenvalue weighted by Crippen LogP contribution is 2.41. The summed E-state index contributed by atoms with van der Waals surface area (Å²) in [7, 11) is 0. The van der Waals surface area contributed by atoms with Crippen molar-refractivity contribution in [2.45, 2.75) is 25.9 Å². The van der Waals surface area contributed by atoms with Crippen LogP contribution in [0.2, 0.25) is 0 Å². The molecule has 3 heteroatoms. The summed E-state index contributed by atoms with van der Waals surface area (Å²) >= 11 is 0. The van der Waals surface area contributed by atoms with Gasteiger partial charge in [-0.25, -0.2) is 4.98 Å². The van der Waals surface area contributed by atoms with E-state index in [0.29, 0.717) is 0 Å². The minimum Gasteiger partial charge on any atom is -0.362 e. The molecule has 0 saturated carbocycles. The first kappa shape index (κ1) is 11.5. The highest BCUT2D eigenvalue weighted by Gasteiger charge is 2.34. The van der Waals surface area contributed by atoms with Crippen molar-refractivity contribution >= 4 is 16.7 Å². The summed E-state index contributed by atoms with van der Waals surface area (Å²) in [6.45, 7) is 4.44. The SMILES string of the molecule is CCC1(C)Nc2ccccc2-c2nc3ccccc3n21. The predicted molar refractivity (Wildman–Crippen MR) is 82.7 cm³/mol. The van der Waals surface area contributed by atoms with Gasteiger partial charge in [-0.1, -0.05) is 31.2 Å². The van der Waals surface area contributed by atoms with E-state index in [1.165, 1.54) is 16.8 Å². The van der Waals surface area contributed by atoms with Crippen LogP contribution in [0.25, 0.3) is 22.4 Å². The Balaban J connectivity index is 2.14. The average Bonchev–Trinajstić information content (AvgIpc) is 2.88. The van der Waals surface area contributed by atoms with Gasteiger partial charge in [0.05, 0.1) is 11.0 Å². The van der Waals surface area contributed by atoms with Crippen LogP contribution >= 0.6 is 0 Å². The van der Waals surface area contributed by atoms with Crippen molar-refractivity contribution < 1.29 is 0 Å². The third-order valence-electron chi connectivity index (χ3n) is 4.31. The molecule has 2 heterocycles. The van der Waals surface area contributed by atoms with Gasteiger partial charge in [0.2, 0.25) is 0 Å². The van der Waals surface area contributed by atoms with Crippen molar-refractivity contribution in [2.24, 2.45) is 0 Å². The third kappa shape index (κ3) is 1.38. The van der Waals surface area contributed by atoms with Crippen LogP contribution in [0.4, 0.5) is 5.69 Å². The molecule has 1 aliphatic heterocycles. The number of imidazole rings is 1. The van der Waals surface area contributed by atoms with Crippen LogP contribution < -0.4 is 5.32 Å². The summed E-state index contributed by atoms with van der Waals surface area (Å²) in [4.78, 5) is 4.86. The Morgan fingerprint density at radius 2 is 1.85 bits per heavy atom. The molecule has 0 fully saturated rings. The van der Waals surface area contributed by atoms with E-state index < -0.39 is 0 Å². The van der Waals surface area contributed by atoms with Crippen LogP contribution in [-0.4, -0.2) is 9.55 Å². The molecular weight excluding hydrogens is 246 g/mol. The zero-order chi connectivity index (χ0) is 13.7. The number of benzene rings is 2. The quantitative estimate of drug-likeness (QED) is 0.712.